The first-order valence-electron chi connectivity index (χ1n) is 5.43. The Bertz CT molecular complexity index is 310. The van der Waals surface area contributed by atoms with Gasteiger partial charge in [-0.3, -0.25) is 4.90 Å². The van der Waals surface area contributed by atoms with E-state index >= 15 is 0 Å². The van der Waals surface area contributed by atoms with Gasteiger partial charge in [-0.15, -0.1) is 11.3 Å². The predicted octanol–water partition coefficient (Wildman–Crippen LogP) is 0.414. The van der Waals surface area contributed by atoms with Crippen molar-refractivity contribution in [1.82, 2.24) is 4.90 Å². The molecule has 1 aliphatic rings. The second-order valence-corrected chi connectivity index (χ2v) is 5.21. The third kappa shape index (κ3) is 3.05. The maximum Gasteiger partial charge on any atom is 0.499 e. The van der Waals surface area contributed by atoms with E-state index in [1.807, 2.05) is 6.07 Å². The quantitative estimate of drug-likeness (QED) is 0.732. The summed E-state index contributed by atoms with van der Waals surface area (Å²) in [6.45, 7) is 3.31. The highest BCUT2D eigenvalue weighted by Crippen LogP contribution is 2.15. The maximum atomic E-state index is 9.00. The van der Waals surface area contributed by atoms with Crippen molar-refractivity contribution in [1.29, 1.82) is 0 Å². The highest BCUT2D eigenvalue weighted by atomic mass is 32.1. The van der Waals surface area contributed by atoms with E-state index in [9.17, 15) is 0 Å². The second-order valence-electron chi connectivity index (χ2n) is 4.01. The first-order valence-corrected chi connectivity index (χ1v) is 6.24. The van der Waals surface area contributed by atoms with E-state index in [1.54, 1.807) is 6.07 Å². The fraction of sp³-hybridized carbons (Fsp3) is 0.600. The van der Waals surface area contributed by atoms with Crippen LogP contribution >= 0.6 is 11.3 Å². The van der Waals surface area contributed by atoms with Gasteiger partial charge in [0.25, 0.3) is 0 Å². The van der Waals surface area contributed by atoms with Crippen molar-refractivity contribution in [2.45, 2.75) is 25.8 Å². The zero-order valence-electron chi connectivity index (χ0n) is 8.72. The van der Waals surface area contributed by atoms with Crippen LogP contribution < -0.4 is 4.78 Å². The lowest BCUT2D eigenvalue weighted by atomic mass is 9.90. The number of rotatable bonds is 3. The number of piperidine rings is 1. The normalized spacial score (nSPS) is 18.0. The van der Waals surface area contributed by atoms with Crippen LogP contribution in [0.5, 0.6) is 0 Å². The Morgan fingerprint density at radius 1 is 1.20 bits per heavy atom. The Morgan fingerprint density at radius 2 is 1.93 bits per heavy atom. The Labute approximate surface area is 94.5 Å². The van der Waals surface area contributed by atoms with Crippen LogP contribution in [0.3, 0.4) is 0 Å². The summed E-state index contributed by atoms with van der Waals surface area (Å²) < 4.78 is 0.641. The number of hydrogen-bond acceptors (Lipinski definition) is 4. The minimum absolute atomic E-state index is 0.641. The largest absolute Gasteiger partial charge is 0.499 e. The standard InChI is InChI=1S/C10H16BNO2S/c13-11(14)10-5-4-9(15-10)8-12-6-2-1-3-7-12/h4-5,13-14H,1-3,6-8H2. The lowest BCUT2D eigenvalue weighted by Gasteiger charge is -2.25. The summed E-state index contributed by atoms with van der Waals surface area (Å²) in [6, 6.07) is 3.79. The van der Waals surface area contributed by atoms with Crippen molar-refractivity contribution in [2.24, 2.45) is 0 Å². The van der Waals surface area contributed by atoms with Crippen molar-refractivity contribution in [2.75, 3.05) is 13.1 Å². The molecule has 3 nitrogen and oxygen atoms in total. The number of nitrogens with zero attached hydrogens (tertiary/aromatic N) is 1. The molecule has 0 amide bonds. The van der Waals surface area contributed by atoms with Gasteiger partial charge in [0.1, 0.15) is 0 Å². The lowest BCUT2D eigenvalue weighted by molar-refractivity contribution is 0.222. The molecule has 15 heavy (non-hydrogen) atoms. The first kappa shape index (κ1) is 11.1. The maximum absolute atomic E-state index is 9.00. The van der Waals surface area contributed by atoms with Crippen LogP contribution in [0.1, 0.15) is 24.1 Å². The van der Waals surface area contributed by atoms with Gasteiger partial charge in [-0.1, -0.05) is 12.5 Å². The summed E-state index contributed by atoms with van der Waals surface area (Å²) in [4.78, 5) is 3.66. The Balaban J connectivity index is 1.91. The van der Waals surface area contributed by atoms with Gasteiger partial charge in [0, 0.05) is 16.2 Å². The van der Waals surface area contributed by atoms with Crippen molar-refractivity contribution in [3.8, 4) is 0 Å². The molecule has 0 aromatic carbocycles. The molecule has 0 radical (unpaired) electrons. The molecular formula is C10H16BNO2S. The van der Waals surface area contributed by atoms with Crippen LogP contribution in [0.4, 0.5) is 0 Å². The van der Waals surface area contributed by atoms with Crippen LogP contribution in [0, 0.1) is 0 Å². The summed E-state index contributed by atoms with van der Waals surface area (Å²) >= 11 is 1.49. The molecule has 0 saturated carbocycles. The van der Waals surface area contributed by atoms with Gasteiger partial charge < -0.3 is 10.0 Å². The fourth-order valence-electron chi connectivity index (χ4n) is 1.96. The predicted molar refractivity (Wildman–Crippen MR) is 63.3 cm³/mol. The monoisotopic (exact) mass is 225 g/mol. The SMILES string of the molecule is OB(O)c1ccc(CN2CCCCC2)s1. The van der Waals surface area contributed by atoms with Crippen LogP contribution in [0.15, 0.2) is 12.1 Å². The number of thiophene rings is 1. The molecule has 82 valence electrons. The summed E-state index contributed by atoms with van der Waals surface area (Å²) in [7, 11) is -1.31. The molecule has 2 heterocycles. The van der Waals surface area contributed by atoms with Crippen molar-refractivity contribution in [3.63, 3.8) is 0 Å². The molecule has 1 aliphatic heterocycles. The van der Waals surface area contributed by atoms with Gasteiger partial charge in [0.05, 0.1) is 0 Å². The lowest BCUT2D eigenvalue weighted by Crippen LogP contribution is -2.29. The van der Waals surface area contributed by atoms with Crippen molar-refractivity contribution < 1.29 is 10.0 Å². The van der Waals surface area contributed by atoms with E-state index in [0.29, 0.717) is 4.78 Å². The fourth-order valence-corrected chi connectivity index (χ4v) is 2.88. The van der Waals surface area contributed by atoms with Crippen LogP contribution in [0.2, 0.25) is 0 Å². The molecule has 2 N–H and O–H groups in total. The molecule has 5 heteroatoms. The first-order chi connectivity index (χ1) is 7.25. The van der Waals surface area contributed by atoms with E-state index in [2.05, 4.69) is 4.90 Å². The van der Waals surface area contributed by atoms with Gasteiger partial charge >= 0.3 is 7.12 Å². The van der Waals surface area contributed by atoms with Gasteiger partial charge in [0.2, 0.25) is 0 Å². The van der Waals surface area contributed by atoms with E-state index in [1.165, 1.54) is 48.6 Å². The van der Waals surface area contributed by atoms with Gasteiger partial charge in [-0.2, -0.15) is 0 Å². The summed E-state index contributed by atoms with van der Waals surface area (Å²) in [5.41, 5.74) is 0. The van der Waals surface area contributed by atoms with Crippen molar-refractivity contribution >= 4 is 23.2 Å². The van der Waals surface area contributed by atoms with Gasteiger partial charge in [0.15, 0.2) is 0 Å². The molecule has 0 aliphatic carbocycles. The van der Waals surface area contributed by atoms with E-state index in [0.717, 1.165) is 6.54 Å². The smallest absolute Gasteiger partial charge is 0.423 e. The molecule has 0 unspecified atom stereocenters. The van der Waals surface area contributed by atoms with E-state index in [-0.39, 0.29) is 0 Å². The molecule has 1 aromatic heterocycles. The average Bonchev–Trinajstić information content (AvgIpc) is 2.68. The molecule has 1 saturated heterocycles. The zero-order valence-corrected chi connectivity index (χ0v) is 9.54. The molecular weight excluding hydrogens is 209 g/mol. The van der Waals surface area contributed by atoms with Crippen LogP contribution in [0.25, 0.3) is 0 Å². The van der Waals surface area contributed by atoms with Gasteiger partial charge in [-0.05, 0) is 32.0 Å². The zero-order chi connectivity index (χ0) is 10.7. The summed E-state index contributed by atoms with van der Waals surface area (Å²) in [5.74, 6) is 0. The summed E-state index contributed by atoms with van der Waals surface area (Å²) in [6.07, 6.45) is 3.93. The number of likely N-dealkylation sites (tertiary alicyclic amines) is 1. The summed E-state index contributed by atoms with van der Waals surface area (Å²) in [5, 5.41) is 18.0. The minimum Gasteiger partial charge on any atom is -0.423 e. The van der Waals surface area contributed by atoms with E-state index in [4.69, 9.17) is 10.0 Å². The highest BCUT2D eigenvalue weighted by molar-refractivity contribution is 7.22. The van der Waals surface area contributed by atoms with Crippen LogP contribution in [-0.4, -0.2) is 35.2 Å². The molecule has 0 spiro atoms. The molecule has 0 bridgehead atoms. The molecule has 0 atom stereocenters. The Kier molecular flexibility index (Phi) is 3.80. The molecule has 1 aromatic rings. The molecule has 1 fully saturated rings. The average molecular weight is 225 g/mol. The number of hydrogen-bond donors (Lipinski definition) is 2. The topological polar surface area (TPSA) is 43.7 Å². The van der Waals surface area contributed by atoms with Gasteiger partial charge in [-0.25, -0.2) is 0 Å². The van der Waals surface area contributed by atoms with Crippen molar-refractivity contribution in [3.05, 3.63) is 17.0 Å². The molecule has 2 rings (SSSR count). The van der Waals surface area contributed by atoms with E-state index < -0.39 is 7.12 Å². The Hall–Kier alpha value is -0.355. The van der Waals surface area contributed by atoms with Crippen LogP contribution in [-0.2, 0) is 6.54 Å². The third-order valence-corrected chi connectivity index (χ3v) is 3.88. The minimum atomic E-state index is -1.31. The third-order valence-electron chi connectivity index (χ3n) is 2.77. The second kappa shape index (κ2) is 5.12. The Morgan fingerprint density at radius 3 is 2.53 bits per heavy atom. The highest BCUT2D eigenvalue weighted by Gasteiger charge is 2.16.